The number of carbonyl (C=O) groups is 2. The number of benzene rings is 2. The summed E-state index contributed by atoms with van der Waals surface area (Å²) in [6, 6.07) is 11.6. The molecular formula is C23H30FN3O5S. The summed E-state index contributed by atoms with van der Waals surface area (Å²) in [5, 5.41) is 2.55. The molecule has 0 aliphatic carbocycles. The van der Waals surface area contributed by atoms with Gasteiger partial charge in [-0.2, -0.15) is 0 Å². The first-order valence-electron chi connectivity index (χ1n) is 10.4. The van der Waals surface area contributed by atoms with Crippen LogP contribution in [0.2, 0.25) is 0 Å². The molecule has 0 bridgehead atoms. The average Bonchev–Trinajstić information content (AvgIpc) is 2.79. The molecule has 180 valence electrons. The fourth-order valence-corrected chi connectivity index (χ4v) is 4.30. The second-order valence-corrected chi connectivity index (χ2v) is 9.48. The van der Waals surface area contributed by atoms with Crippen LogP contribution in [0.3, 0.4) is 0 Å². The summed E-state index contributed by atoms with van der Waals surface area (Å²) in [4.78, 5) is 26.7. The van der Waals surface area contributed by atoms with Crippen LogP contribution in [0.15, 0.2) is 48.5 Å². The van der Waals surface area contributed by atoms with E-state index in [1.165, 1.54) is 36.2 Å². The lowest BCUT2D eigenvalue weighted by molar-refractivity contribution is -0.140. The first-order valence-corrected chi connectivity index (χ1v) is 12.3. The third kappa shape index (κ3) is 7.45. The third-order valence-corrected chi connectivity index (χ3v) is 6.39. The van der Waals surface area contributed by atoms with E-state index in [0.29, 0.717) is 11.4 Å². The number of rotatable bonds is 11. The maximum Gasteiger partial charge on any atom is 0.242 e. The van der Waals surface area contributed by atoms with E-state index in [2.05, 4.69) is 5.32 Å². The Morgan fingerprint density at radius 3 is 2.21 bits per heavy atom. The summed E-state index contributed by atoms with van der Waals surface area (Å²) in [6.07, 6.45) is 1.31. The van der Waals surface area contributed by atoms with Crippen molar-refractivity contribution in [1.82, 2.24) is 10.2 Å². The fraction of sp³-hybridized carbons (Fsp3) is 0.391. The number of hydrogen-bond donors (Lipinski definition) is 1. The van der Waals surface area contributed by atoms with Crippen molar-refractivity contribution in [2.75, 3.05) is 31.3 Å². The van der Waals surface area contributed by atoms with Gasteiger partial charge < -0.3 is 15.0 Å². The van der Waals surface area contributed by atoms with Gasteiger partial charge in [-0.1, -0.05) is 12.1 Å². The minimum atomic E-state index is -3.63. The van der Waals surface area contributed by atoms with Gasteiger partial charge in [0.05, 0.1) is 19.1 Å². The molecule has 33 heavy (non-hydrogen) atoms. The number of amides is 2. The highest BCUT2D eigenvalue weighted by Crippen LogP contribution is 2.20. The number of hydrogen-bond acceptors (Lipinski definition) is 5. The lowest BCUT2D eigenvalue weighted by atomic mass is 10.1. The SMILES string of the molecule is CNC(=O)[C@@H](C)N(Cc1ccc(OC)cc1)C(=O)CCCN(c1ccc(F)cc1)S(C)(=O)=O. The maximum absolute atomic E-state index is 13.2. The van der Waals surface area contributed by atoms with E-state index in [9.17, 15) is 22.4 Å². The zero-order valence-corrected chi connectivity index (χ0v) is 20.1. The van der Waals surface area contributed by atoms with Crippen molar-refractivity contribution in [1.29, 1.82) is 0 Å². The molecule has 10 heteroatoms. The van der Waals surface area contributed by atoms with Gasteiger partial charge in [0.15, 0.2) is 0 Å². The molecule has 0 saturated carbocycles. The molecule has 8 nitrogen and oxygen atoms in total. The number of carbonyl (C=O) groups excluding carboxylic acids is 2. The van der Waals surface area contributed by atoms with Crippen LogP contribution in [0, 0.1) is 5.82 Å². The number of sulfonamides is 1. The van der Waals surface area contributed by atoms with E-state index in [1.54, 1.807) is 26.2 Å². The molecule has 0 aliphatic rings. The average molecular weight is 480 g/mol. The Morgan fingerprint density at radius 2 is 1.70 bits per heavy atom. The van der Waals surface area contributed by atoms with Crippen LogP contribution < -0.4 is 14.4 Å². The molecule has 2 aromatic carbocycles. The maximum atomic E-state index is 13.2. The van der Waals surface area contributed by atoms with Crippen molar-refractivity contribution < 1.29 is 27.1 Å². The molecule has 0 saturated heterocycles. The second kappa shape index (κ2) is 11.6. The Morgan fingerprint density at radius 1 is 1.09 bits per heavy atom. The molecule has 0 heterocycles. The highest BCUT2D eigenvalue weighted by atomic mass is 32.2. The summed E-state index contributed by atoms with van der Waals surface area (Å²) >= 11 is 0. The second-order valence-electron chi connectivity index (χ2n) is 7.58. The summed E-state index contributed by atoms with van der Waals surface area (Å²) in [7, 11) is -0.567. The van der Waals surface area contributed by atoms with Crippen molar-refractivity contribution in [2.24, 2.45) is 0 Å². The number of halogens is 1. The van der Waals surface area contributed by atoms with Gasteiger partial charge in [-0.25, -0.2) is 12.8 Å². The zero-order chi connectivity index (χ0) is 24.6. The number of nitrogens with one attached hydrogen (secondary N) is 1. The molecule has 0 fully saturated rings. The van der Waals surface area contributed by atoms with Crippen molar-refractivity contribution in [3.8, 4) is 5.75 Å². The van der Waals surface area contributed by atoms with Crippen LogP contribution in [-0.2, 0) is 26.2 Å². The van der Waals surface area contributed by atoms with Gasteiger partial charge in [0.2, 0.25) is 21.8 Å². The Bertz CT molecular complexity index is 1040. The monoisotopic (exact) mass is 479 g/mol. The molecule has 2 aromatic rings. The molecule has 1 N–H and O–H groups in total. The van der Waals surface area contributed by atoms with Crippen LogP contribution in [0.4, 0.5) is 10.1 Å². The van der Waals surface area contributed by atoms with Crippen molar-refractivity contribution in [2.45, 2.75) is 32.4 Å². The number of ether oxygens (including phenoxy) is 1. The van der Waals surface area contributed by atoms with Crippen molar-refractivity contribution in [3.63, 3.8) is 0 Å². The van der Waals surface area contributed by atoms with Crippen molar-refractivity contribution in [3.05, 3.63) is 59.9 Å². The summed E-state index contributed by atoms with van der Waals surface area (Å²) in [5.41, 5.74) is 1.14. The molecule has 0 aromatic heterocycles. The van der Waals surface area contributed by atoms with Gasteiger partial charge in [0.25, 0.3) is 0 Å². The van der Waals surface area contributed by atoms with Gasteiger partial charge in [-0.15, -0.1) is 0 Å². The molecule has 1 atom stereocenters. The minimum Gasteiger partial charge on any atom is -0.497 e. The summed E-state index contributed by atoms with van der Waals surface area (Å²) < 4.78 is 44.0. The Hall–Kier alpha value is -3.14. The van der Waals surface area contributed by atoms with Gasteiger partial charge in [0.1, 0.15) is 17.6 Å². The normalized spacial score (nSPS) is 12.0. The molecule has 0 radical (unpaired) electrons. The van der Waals surface area contributed by atoms with Crippen LogP contribution in [0.25, 0.3) is 0 Å². The fourth-order valence-electron chi connectivity index (χ4n) is 3.33. The van der Waals surface area contributed by atoms with Crippen LogP contribution >= 0.6 is 0 Å². The summed E-state index contributed by atoms with van der Waals surface area (Å²) in [6.45, 7) is 1.90. The number of likely N-dealkylation sites (N-methyl/N-ethyl adjacent to an activating group) is 1. The number of methoxy groups -OCH3 is 1. The van der Waals surface area contributed by atoms with Crippen molar-refractivity contribution >= 4 is 27.5 Å². The van der Waals surface area contributed by atoms with E-state index in [-0.39, 0.29) is 37.7 Å². The summed E-state index contributed by atoms with van der Waals surface area (Å²) in [5.74, 6) is -0.382. The molecule has 2 amide bonds. The lowest BCUT2D eigenvalue weighted by Crippen LogP contribution is -2.46. The Labute approximate surface area is 194 Å². The molecule has 0 unspecified atom stereocenters. The third-order valence-electron chi connectivity index (χ3n) is 5.19. The van der Waals surface area contributed by atoms with Gasteiger partial charge in [-0.3, -0.25) is 13.9 Å². The highest BCUT2D eigenvalue weighted by molar-refractivity contribution is 7.92. The first kappa shape index (κ1) is 26.1. The van der Waals surface area contributed by atoms with E-state index in [0.717, 1.165) is 16.1 Å². The number of anilines is 1. The van der Waals surface area contributed by atoms with Crippen LogP contribution in [0.1, 0.15) is 25.3 Å². The van der Waals surface area contributed by atoms with Gasteiger partial charge in [-0.05, 0) is 55.3 Å². The Balaban J connectivity index is 2.13. The highest BCUT2D eigenvalue weighted by Gasteiger charge is 2.26. The van der Waals surface area contributed by atoms with Crippen LogP contribution in [-0.4, -0.2) is 58.1 Å². The van der Waals surface area contributed by atoms with E-state index in [1.807, 2.05) is 12.1 Å². The van der Waals surface area contributed by atoms with E-state index < -0.39 is 21.9 Å². The standard InChI is InChI=1S/C23H30FN3O5S/c1-17(23(29)25-2)26(16-18-7-13-21(32-3)14-8-18)22(28)6-5-15-27(33(4,30)31)20-11-9-19(24)10-12-20/h7-14,17H,5-6,15-16H2,1-4H3,(H,25,29)/t17-/m1/s1. The Kier molecular flexibility index (Phi) is 9.22. The topological polar surface area (TPSA) is 96.0 Å². The predicted octanol–water partition coefficient (Wildman–Crippen LogP) is 2.54. The molecule has 2 rings (SSSR count). The molecule has 0 aliphatic heterocycles. The minimum absolute atomic E-state index is 0.0324. The zero-order valence-electron chi connectivity index (χ0n) is 19.2. The first-order chi connectivity index (χ1) is 15.6. The smallest absolute Gasteiger partial charge is 0.242 e. The van der Waals surface area contributed by atoms with Gasteiger partial charge >= 0.3 is 0 Å². The molecular weight excluding hydrogens is 449 g/mol. The largest absolute Gasteiger partial charge is 0.497 e. The molecule has 0 spiro atoms. The lowest BCUT2D eigenvalue weighted by Gasteiger charge is -2.29. The quantitative estimate of drug-likeness (QED) is 0.534. The van der Waals surface area contributed by atoms with E-state index in [4.69, 9.17) is 4.74 Å². The van der Waals surface area contributed by atoms with Crippen LogP contribution in [0.5, 0.6) is 5.75 Å². The number of nitrogens with zero attached hydrogens (tertiary/aromatic N) is 2. The van der Waals surface area contributed by atoms with Gasteiger partial charge in [0, 0.05) is 26.6 Å². The predicted molar refractivity (Wildman–Crippen MR) is 125 cm³/mol. The van der Waals surface area contributed by atoms with E-state index >= 15 is 0 Å².